The van der Waals surface area contributed by atoms with Crippen LogP contribution in [0.25, 0.3) is 21.9 Å². The van der Waals surface area contributed by atoms with Gasteiger partial charge in [0.05, 0.1) is 21.5 Å². The van der Waals surface area contributed by atoms with Crippen molar-refractivity contribution in [3.63, 3.8) is 0 Å². The molecule has 2 saturated heterocycles. The molecule has 1 aromatic carbocycles. The number of benzene rings is 1. The Morgan fingerprint density at radius 1 is 1.06 bits per heavy atom. The van der Waals surface area contributed by atoms with Gasteiger partial charge in [0.1, 0.15) is 35.8 Å². The van der Waals surface area contributed by atoms with Gasteiger partial charge in [0.25, 0.3) is 0 Å². The molecule has 0 spiro atoms. The number of aromatic nitrogens is 4. The highest BCUT2D eigenvalue weighted by Gasteiger charge is 2.55. The minimum atomic E-state index is -0.690. The Kier molecular flexibility index (Phi) is 5.03. The van der Waals surface area contributed by atoms with E-state index in [9.17, 15) is 0 Å². The maximum Gasteiger partial charge on any atom is 0.164 e. The molecular formula is C24H25BrN6O3. The normalized spacial score (nSPS) is 25.9. The molecule has 2 aliphatic heterocycles. The highest BCUT2D eigenvalue weighted by atomic mass is 79.9. The van der Waals surface area contributed by atoms with E-state index in [0.717, 1.165) is 44.8 Å². The summed E-state index contributed by atoms with van der Waals surface area (Å²) in [7, 11) is 0. The van der Waals surface area contributed by atoms with E-state index in [1.54, 1.807) is 0 Å². The van der Waals surface area contributed by atoms with Crippen LogP contribution in [0.5, 0.6) is 0 Å². The van der Waals surface area contributed by atoms with Gasteiger partial charge in [-0.2, -0.15) is 0 Å². The first-order chi connectivity index (χ1) is 16.3. The van der Waals surface area contributed by atoms with Crippen molar-refractivity contribution in [2.45, 2.75) is 57.0 Å². The summed E-state index contributed by atoms with van der Waals surface area (Å²) in [5.74, 6) is 0.234. The molecule has 2 fully saturated rings. The standard InChI is InChI=1S/C24H25BrN6O3/c1-24(2)33-18-17(6-4-12-3-5-13-10-15(25)21(27)30-16(13)9-12)32-23(19(18)34-24)31-8-7-14-20(26)28-11-29-22(14)31/h3,5,7-11,17-19,23H,4,6H2,1-2H3,(H2,27,30)(H2,26,28,29)/t17-,18-,19-,23-/m1/s1. The summed E-state index contributed by atoms with van der Waals surface area (Å²) in [5.41, 5.74) is 14.8. The fraction of sp³-hybridized carbons (Fsp3) is 0.375. The quantitative estimate of drug-likeness (QED) is 0.411. The third-order valence-electron chi connectivity index (χ3n) is 6.52. The number of aryl methyl sites for hydroxylation is 1. The lowest BCUT2D eigenvalue weighted by Crippen LogP contribution is -2.29. The molecule has 176 valence electrons. The average Bonchev–Trinajstić information content (AvgIpc) is 3.45. The predicted octanol–water partition coefficient (Wildman–Crippen LogP) is 3.96. The number of nitrogens with zero attached hydrogens (tertiary/aromatic N) is 4. The summed E-state index contributed by atoms with van der Waals surface area (Å²) in [6.45, 7) is 3.87. The Labute approximate surface area is 204 Å². The Hall–Kier alpha value is -2.79. The number of ether oxygens (including phenoxy) is 3. The van der Waals surface area contributed by atoms with E-state index in [-0.39, 0.29) is 24.5 Å². The highest BCUT2D eigenvalue weighted by Crippen LogP contribution is 2.45. The number of anilines is 2. The van der Waals surface area contributed by atoms with Gasteiger partial charge < -0.3 is 30.2 Å². The molecule has 0 unspecified atom stereocenters. The maximum atomic E-state index is 6.53. The summed E-state index contributed by atoms with van der Waals surface area (Å²) in [4.78, 5) is 13.0. The van der Waals surface area contributed by atoms with Gasteiger partial charge in [-0.25, -0.2) is 15.0 Å². The summed E-state index contributed by atoms with van der Waals surface area (Å²) in [5, 5.41) is 1.83. The zero-order valence-electron chi connectivity index (χ0n) is 18.8. The van der Waals surface area contributed by atoms with Crippen LogP contribution in [0.2, 0.25) is 0 Å². The van der Waals surface area contributed by atoms with Gasteiger partial charge in [0.2, 0.25) is 0 Å². The minimum Gasteiger partial charge on any atom is -0.383 e. The fourth-order valence-electron chi connectivity index (χ4n) is 4.98. The third kappa shape index (κ3) is 3.61. The van der Waals surface area contributed by atoms with Crippen LogP contribution in [0.15, 0.2) is 47.3 Å². The van der Waals surface area contributed by atoms with Crippen LogP contribution in [-0.2, 0) is 20.6 Å². The SMILES string of the molecule is CC1(C)O[C@@H]2[C@H](O1)[C@@H](CCc1ccc3cc(Br)c(N)nc3c1)O[C@H]2n1ccc2c(N)ncnc21. The van der Waals surface area contributed by atoms with Crippen LogP contribution in [0, 0.1) is 0 Å². The lowest BCUT2D eigenvalue weighted by Gasteiger charge is -2.25. The van der Waals surface area contributed by atoms with E-state index < -0.39 is 5.79 Å². The molecule has 0 radical (unpaired) electrons. The van der Waals surface area contributed by atoms with Crippen molar-refractivity contribution in [1.29, 1.82) is 0 Å². The van der Waals surface area contributed by atoms with Crippen LogP contribution >= 0.6 is 15.9 Å². The van der Waals surface area contributed by atoms with Gasteiger partial charge in [-0.3, -0.25) is 0 Å². The van der Waals surface area contributed by atoms with Gasteiger partial charge in [0, 0.05) is 11.6 Å². The van der Waals surface area contributed by atoms with Crippen molar-refractivity contribution >= 4 is 49.5 Å². The lowest BCUT2D eigenvalue weighted by molar-refractivity contribution is -0.196. The molecule has 4 atom stereocenters. The zero-order chi connectivity index (χ0) is 23.6. The molecule has 4 N–H and O–H groups in total. The summed E-state index contributed by atoms with van der Waals surface area (Å²) < 4.78 is 21.9. The van der Waals surface area contributed by atoms with Crippen LogP contribution < -0.4 is 11.5 Å². The summed E-state index contributed by atoms with van der Waals surface area (Å²) in [6.07, 6.45) is 3.99. The van der Waals surface area contributed by atoms with Crippen molar-refractivity contribution in [2.24, 2.45) is 0 Å². The second-order valence-corrected chi connectivity index (χ2v) is 10.1. The molecule has 34 heavy (non-hydrogen) atoms. The molecule has 0 amide bonds. The van der Waals surface area contributed by atoms with Gasteiger partial charge in [-0.05, 0) is 66.4 Å². The molecule has 5 heterocycles. The van der Waals surface area contributed by atoms with E-state index in [1.165, 1.54) is 6.33 Å². The number of nitrogen functional groups attached to an aromatic ring is 2. The second-order valence-electron chi connectivity index (χ2n) is 9.27. The minimum absolute atomic E-state index is 0.146. The summed E-state index contributed by atoms with van der Waals surface area (Å²) in [6, 6.07) is 10.2. The van der Waals surface area contributed by atoms with E-state index in [2.05, 4.69) is 49.1 Å². The molecular weight excluding hydrogens is 500 g/mol. The van der Waals surface area contributed by atoms with Crippen molar-refractivity contribution in [3.05, 3.63) is 52.9 Å². The van der Waals surface area contributed by atoms with Crippen LogP contribution in [-0.4, -0.2) is 43.6 Å². The van der Waals surface area contributed by atoms with Crippen molar-refractivity contribution < 1.29 is 14.2 Å². The molecule has 6 rings (SSSR count). The topological polar surface area (TPSA) is 123 Å². The first kappa shape index (κ1) is 21.7. The molecule has 9 nitrogen and oxygen atoms in total. The fourth-order valence-corrected chi connectivity index (χ4v) is 5.31. The Morgan fingerprint density at radius 3 is 2.74 bits per heavy atom. The number of halogens is 1. The van der Waals surface area contributed by atoms with Crippen molar-refractivity contribution in [1.82, 2.24) is 19.5 Å². The van der Waals surface area contributed by atoms with Crippen LogP contribution in [0.3, 0.4) is 0 Å². The van der Waals surface area contributed by atoms with Crippen molar-refractivity contribution in [2.75, 3.05) is 11.5 Å². The van der Waals surface area contributed by atoms with Crippen molar-refractivity contribution in [3.8, 4) is 0 Å². The van der Waals surface area contributed by atoms with Gasteiger partial charge in [-0.15, -0.1) is 0 Å². The molecule has 0 aliphatic carbocycles. The monoisotopic (exact) mass is 524 g/mol. The number of pyridine rings is 1. The lowest BCUT2D eigenvalue weighted by atomic mass is 10.0. The van der Waals surface area contributed by atoms with Gasteiger partial charge in [-0.1, -0.05) is 12.1 Å². The average molecular weight is 525 g/mol. The molecule has 0 bridgehead atoms. The van der Waals surface area contributed by atoms with Gasteiger partial charge >= 0.3 is 0 Å². The first-order valence-electron chi connectivity index (χ1n) is 11.2. The predicted molar refractivity (Wildman–Crippen MR) is 132 cm³/mol. The summed E-state index contributed by atoms with van der Waals surface area (Å²) >= 11 is 3.44. The number of nitrogens with two attached hydrogens (primary N) is 2. The van der Waals surface area contributed by atoms with E-state index >= 15 is 0 Å². The smallest absolute Gasteiger partial charge is 0.164 e. The van der Waals surface area contributed by atoms with E-state index in [0.29, 0.717) is 11.6 Å². The largest absolute Gasteiger partial charge is 0.383 e. The third-order valence-corrected chi connectivity index (χ3v) is 7.15. The van der Waals surface area contributed by atoms with E-state index in [4.69, 9.17) is 25.7 Å². The number of hydrogen-bond donors (Lipinski definition) is 2. The Balaban J connectivity index is 1.27. The molecule has 3 aromatic heterocycles. The van der Waals surface area contributed by atoms with Crippen LogP contribution in [0.4, 0.5) is 11.6 Å². The number of rotatable bonds is 4. The van der Waals surface area contributed by atoms with Crippen LogP contribution in [0.1, 0.15) is 32.1 Å². The second kappa shape index (κ2) is 7.88. The number of fused-ring (bicyclic) bond motifs is 3. The zero-order valence-corrected chi connectivity index (χ0v) is 20.4. The Bertz CT molecular complexity index is 1410. The molecule has 4 aromatic rings. The highest BCUT2D eigenvalue weighted by molar-refractivity contribution is 9.10. The van der Waals surface area contributed by atoms with Gasteiger partial charge in [0.15, 0.2) is 12.0 Å². The maximum absolute atomic E-state index is 6.53. The molecule has 10 heteroatoms. The Morgan fingerprint density at radius 2 is 1.88 bits per heavy atom. The first-order valence-corrected chi connectivity index (χ1v) is 12.0. The molecule has 2 aliphatic rings. The molecule has 0 saturated carbocycles. The van der Waals surface area contributed by atoms with E-state index in [1.807, 2.05) is 36.7 Å². The number of hydrogen-bond acceptors (Lipinski definition) is 8.